The van der Waals surface area contributed by atoms with Gasteiger partial charge in [0.2, 0.25) is 5.91 Å². The Balaban J connectivity index is 1.74. The van der Waals surface area contributed by atoms with Crippen LogP contribution in [0.1, 0.15) is 32.2 Å². The predicted octanol–water partition coefficient (Wildman–Crippen LogP) is 2.49. The molecule has 0 aliphatic carbocycles. The number of rotatable bonds is 4. The number of nitrogens with zero attached hydrogens (tertiary/aromatic N) is 3. The fourth-order valence-electron chi connectivity index (χ4n) is 2.83. The summed E-state index contributed by atoms with van der Waals surface area (Å²) in [7, 11) is 1.57. The van der Waals surface area contributed by atoms with Gasteiger partial charge in [-0.15, -0.1) is 11.3 Å². The highest BCUT2D eigenvalue weighted by molar-refractivity contribution is 7.17. The second kappa shape index (κ2) is 8.76. The molecular weight excluding hydrogens is 426 g/mol. The van der Waals surface area contributed by atoms with E-state index in [1.54, 1.807) is 45.2 Å². The van der Waals surface area contributed by atoms with Crippen molar-refractivity contribution in [3.8, 4) is 10.6 Å². The van der Waals surface area contributed by atoms with Crippen molar-refractivity contribution in [1.29, 1.82) is 0 Å². The molecule has 0 fully saturated rings. The molecule has 8 nitrogen and oxygen atoms in total. The van der Waals surface area contributed by atoms with E-state index < -0.39 is 5.91 Å². The minimum Gasteiger partial charge on any atom is -0.273 e. The smallest absolute Gasteiger partial charge is 0.273 e. The van der Waals surface area contributed by atoms with Gasteiger partial charge in [0.25, 0.3) is 11.5 Å². The molecule has 10 heteroatoms. The number of carbonyl (C=O) groups excluding carboxylic acids is 2. The molecule has 3 aromatic rings. The molecule has 0 radical (unpaired) electrons. The molecule has 0 unspecified atom stereocenters. The Morgan fingerprint density at radius 3 is 2.43 bits per heavy atom. The maximum Gasteiger partial charge on any atom is 0.281 e. The molecule has 2 N–H and O–H groups in total. The van der Waals surface area contributed by atoms with Gasteiger partial charge >= 0.3 is 0 Å². The van der Waals surface area contributed by atoms with Gasteiger partial charge in [-0.25, -0.2) is 9.67 Å². The van der Waals surface area contributed by atoms with E-state index in [2.05, 4.69) is 20.9 Å². The largest absolute Gasteiger partial charge is 0.281 e. The summed E-state index contributed by atoms with van der Waals surface area (Å²) in [6.45, 7) is 5.29. The van der Waals surface area contributed by atoms with Gasteiger partial charge in [-0.3, -0.25) is 25.2 Å². The second-order valence-corrected chi connectivity index (χ2v) is 8.19. The summed E-state index contributed by atoms with van der Waals surface area (Å²) >= 11 is 6.92. The third-order valence-corrected chi connectivity index (χ3v) is 5.96. The average Bonchev–Trinajstić information content (AvgIpc) is 3.08. The van der Waals surface area contributed by atoms with E-state index >= 15 is 0 Å². The zero-order chi connectivity index (χ0) is 22.0. The van der Waals surface area contributed by atoms with Gasteiger partial charge in [0.1, 0.15) is 9.88 Å². The molecule has 0 aliphatic heterocycles. The van der Waals surface area contributed by atoms with Crippen LogP contribution in [0.15, 0.2) is 29.1 Å². The van der Waals surface area contributed by atoms with Crippen LogP contribution in [0.25, 0.3) is 10.6 Å². The van der Waals surface area contributed by atoms with E-state index in [4.69, 9.17) is 11.6 Å². The molecule has 0 spiro atoms. The van der Waals surface area contributed by atoms with E-state index in [0.717, 1.165) is 22.5 Å². The number of hydrogen-bond donors (Lipinski definition) is 2. The van der Waals surface area contributed by atoms with Crippen molar-refractivity contribution in [2.45, 2.75) is 27.2 Å². The first-order chi connectivity index (χ1) is 14.2. The first-order valence-corrected chi connectivity index (χ1v) is 10.2. The van der Waals surface area contributed by atoms with Crippen molar-refractivity contribution in [2.24, 2.45) is 7.05 Å². The number of hydrogen-bond acceptors (Lipinski definition) is 6. The van der Waals surface area contributed by atoms with Crippen molar-refractivity contribution in [1.82, 2.24) is 25.6 Å². The Kier molecular flexibility index (Phi) is 6.33. The molecule has 156 valence electrons. The minimum absolute atomic E-state index is 0.0932. The maximum absolute atomic E-state index is 12.5. The molecule has 1 aromatic carbocycles. The summed E-state index contributed by atoms with van der Waals surface area (Å²) in [5, 5.41) is 5.18. The third kappa shape index (κ3) is 4.58. The third-order valence-electron chi connectivity index (χ3n) is 4.54. The zero-order valence-corrected chi connectivity index (χ0v) is 18.4. The van der Waals surface area contributed by atoms with Crippen molar-refractivity contribution in [3.63, 3.8) is 0 Å². The molecule has 0 atom stereocenters. The number of nitrogens with one attached hydrogen (secondary N) is 2. The lowest BCUT2D eigenvalue weighted by Gasteiger charge is -2.07. The molecule has 0 saturated heterocycles. The number of halogens is 1. The zero-order valence-electron chi connectivity index (χ0n) is 16.9. The molecule has 30 heavy (non-hydrogen) atoms. The molecule has 2 amide bonds. The SMILES string of the molecule is Cc1nc(-c2c(C)c(C)nn(C)c2=O)sc1C(=O)NNC(=O)Cc1ccc(Cl)cc1. The number of hydrazine groups is 1. The fourth-order valence-corrected chi connectivity index (χ4v) is 4.01. The highest BCUT2D eigenvalue weighted by Crippen LogP contribution is 2.28. The first-order valence-electron chi connectivity index (χ1n) is 9.03. The van der Waals surface area contributed by atoms with Gasteiger partial charge in [-0.2, -0.15) is 5.10 Å². The van der Waals surface area contributed by atoms with Crippen LogP contribution in [0.2, 0.25) is 5.02 Å². The fraction of sp³-hybridized carbons (Fsp3) is 0.250. The van der Waals surface area contributed by atoms with Crippen molar-refractivity contribution < 1.29 is 9.59 Å². The van der Waals surface area contributed by atoms with E-state index in [0.29, 0.717) is 31.9 Å². The van der Waals surface area contributed by atoms with Crippen LogP contribution in [0.4, 0.5) is 0 Å². The predicted molar refractivity (Wildman–Crippen MR) is 116 cm³/mol. The van der Waals surface area contributed by atoms with Crippen LogP contribution in [0.5, 0.6) is 0 Å². The number of aryl methyl sites for hydroxylation is 3. The van der Waals surface area contributed by atoms with Gasteiger partial charge in [-0.05, 0) is 44.0 Å². The van der Waals surface area contributed by atoms with Crippen LogP contribution < -0.4 is 16.4 Å². The van der Waals surface area contributed by atoms with E-state index in [1.165, 1.54) is 4.68 Å². The van der Waals surface area contributed by atoms with Crippen LogP contribution in [0, 0.1) is 20.8 Å². The Morgan fingerprint density at radius 1 is 1.10 bits per heavy atom. The number of carbonyl (C=O) groups is 2. The summed E-state index contributed by atoms with van der Waals surface area (Å²) in [6.07, 6.45) is 0.0932. The van der Waals surface area contributed by atoms with Crippen LogP contribution in [-0.2, 0) is 18.3 Å². The van der Waals surface area contributed by atoms with Crippen molar-refractivity contribution in [3.05, 3.63) is 67.0 Å². The number of amides is 2. The van der Waals surface area contributed by atoms with E-state index in [9.17, 15) is 14.4 Å². The molecular formula is C20H20ClN5O3S. The van der Waals surface area contributed by atoms with Gasteiger partial charge < -0.3 is 0 Å². The Bertz CT molecular complexity index is 1180. The number of thiazole rings is 1. The van der Waals surface area contributed by atoms with Crippen LogP contribution in [0.3, 0.4) is 0 Å². The maximum atomic E-state index is 12.5. The monoisotopic (exact) mass is 445 g/mol. The van der Waals surface area contributed by atoms with E-state index in [-0.39, 0.29) is 17.9 Å². The lowest BCUT2D eigenvalue weighted by Crippen LogP contribution is -2.42. The molecule has 0 bridgehead atoms. The summed E-state index contributed by atoms with van der Waals surface area (Å²) in [5.74, 6) is -0.872. The molecule has 3 rings (SSSR count). The van der Waals surface area contributed by atoms with E-state index in [1.807, 2.05) is 6.92 Å². The first kappa shape index (κ1) is 21.7. The minimum atomic E-state index is -0.499. The standard InChI is InChI=1S/C20H20ClN5O3S/c1-10-11(2)25-26(4)20(29)16(10)19-22-12(3)17(30-19)18(28)24-23-15(27)9-13-5-7-14(21)8-6-13/h5-8H,9H2,1-4H3,(H,23,27)(H,24,28). The van der Waals surface area contributed by atoms with Gasteiger partial charge in [-0.1, -0.05) is 23.7 Å². The lowest BCUT2D eigenvalue weighted by atomic mass is 10.1. The quantitative estimate of drug-likeness (QED) is 0.600. The Morgan fingerprint density at radius 2 is 1.77 bits per heavy atom. The van der Waals surface area contributed by atoms with Gasteiger partial charge in [0.05, 0.1) is 23.4 Å². The normalized spacial score (nSPS) is 10.7. The van der Waals surface area contributed by atoms with Gasteiger partial charge in [0, 0.05) is 12.1 Å². The van der Waals surface area contributed by atoms with Crippen molar-refractivity contribution >= 4 is 34.8 Å². The summed E-state index contributed by atoms with van der Waals surface area (Å²) in [6, 6.07) is 6.86. The Labute approximate surface area is 181 Å². The summed E-state index contributed by atoms with van der Waals surface area (Å²) < 4.78 is 1.26. The average molecular weight is 446 g/mol. The topological polar surface area (TPSA) is 106 Å². The second-order valence-electron chi connectivity index (χ2n) is 6.75. The van der Waals surface area contributed by atoms with Crippen LogP contribution >= 0.6 is 22.9 Å². The van der Waals surface area contributed by atoms with Gasteiger partial charge in [0.15, 0.2) is 0 Å². The highest BCUT2D eigenvalue weighted by atomic mass is 35.5. The molecule has 2 aromatic heterocycles. The summed E-state index contributed by atoms with van der Waals surface area (Å²) in [5.41, 5.74) is 7.59. The summed E-state index contributed by atoms with van der Waals surface area (Å²) in [4.78, 5) is 41.9. The highest BCUT2D eigenvalue weighted by Gasteiger charge is 2.21. The number of aromatic nitrogens is 3. The lowest BCUT2D eigenvalue weighted by molar-refractivity contribution is -0.121. The number of benzene rings is 1. The molecule has 0 aliphatic rings. The van der Waals surface area contributed by atoms with Crippen molar-refractivity contribution in [2.75, 3.05) is 0 Å². The molecule has 0 saturated carbocycles. The Hall–Kier alpha value is -3.04. The van der Waals surface area contributed by atoms with Crippen LogP contribution in [-0.4, -0.2) is 26.6 Å². The molecule has 2 heterocycles.